The molecule has 0 radical (unpaired) electrons. The van der Waals surface area contributed by atoms with Crippen molar-refractivity contribution in [1.82, 2.24) is 19.9 Å². The molecule has 2 aromatic heterocycles. The molecule has 3 rings (SSSR count). The summed E-state index contributed by atoms with van der Waals surface area (Å²) in [6, 6.07) is 1.58. The number of carbonyl (C=O) groups is 1. The van der Waals surface area contributed by atoms with Gasteiger partial charge >= 0.3 is 5.69 Å². The van der Waals surface area contributed by atoms with Crippen molar-refractivity contribution in [3.8, 4) is 0 Å². The fourth-order valence-corrected chi connectivity index (χ4v) is 2.55. The van der Waals surface area contributed by atoms with Gasteiger partial charge in [0.2, 0.25) is 5.76 Å². The molecule has 1 atom stereocenters. The lowest BCUT2D eigenvalue weighted by atomic mass is 10.1. The number of oxazole rings is 1. The molecule has 1 fully saturated rings. The smallest absolute Gasteiger partial charge is 0.345 e. The van der Waals surface area contributed by atoms with Gasteiger partial charge in [0.15, 0.2) is 6.39 Å². The second-order valence-corrected chi connectivity index (χ2v) is 4.75. The van der Waals surface area contributed by atoms with Gasteiger partial charge in [-0.3, -0.25) is 4.79 Å². The first-order valence-electron chi connectivity index (χ1n) is 6.43. The Morgan fingerprint density at radius 2 is 2.35 bits per heavy atom. The Balaban J connectivity index is 1.91. The van der Waals surface area contributed by atoms with Crippen LogP contribution in [-0.4, -0.2) is 32.3 Å². The van der Waals surface area contributed by atoms with Crippen molar-refractivity contribution in [3.05, 3.63) is 46.3 Å². The molecule has 1 unspecified atom stereocenters. The van der Waals surface area contributed by atoms with Crippen LogP contribution in [0.4, 0.5) is 0 Å². The van der Waals surface area contributed by atoms with Crippen LogP contribution in [0.15, 0.2) is 27.9 Å². The van der Waals surface area contributed by atoms with E-state index in [0.717, 1.165) is 12.8 Å². The second kappa shape index (κ2) is 4.92. The third kappa shape index (κ3) is 2.11. The maximum Gasteiger partial charge on any atom is 0.345 e. The SMILES string of the molecule is Cc1ncoc1C(=O)N1CCCC1c1ccnc(=O)[nH]1. The van der Waals surface area contributed by atoms with Crippen LogP contribution in [0.3, 0.4) is 0 Å². The van der Waals surface area contributed by atoms with Crippen LogP contribution in [-0.2, 0) is 0 Å². The summed E-state index contributed by atoms with van der Waals surface area (Å²) in [4.78, 5) is 35.7. The molecule has 1 N–H and O–H groups in total. The predicted octanol–water partition coefficient (Wildman–Crippen LogP) is 1.04. The lowest BCUT2D eigenvalue weighted by molar-refractivity contribution is 0.0699. The zero-order chi connectivity index (χ0) is 14.1. The molecule has 0 aliphatic carbocycles. The van der Waals surface area contributed by atoms with Gasteiger partial charge in [-0.25, -0.2) is 14.8 Å². The number of nitrogens with one attached hydrogen (secondary N) is 1. The maximum absolute atomic E-state index is 12.5. The van der Waals surface area contributed by atoms with E-state index in [1.165, 1.54) is 12.6 Å². The Labute approximate surface area is 114 Å². The summed E-state index contributed by atoms with van der Waals surface area (Å²) in [5.41, 5.74) is 0.870. The van der Waals surface area contributed by atoms with Crippen molar-refractivity contribution in [3.63, 3.8) is 0 Å². The van der Waals surface area contributed by atoms with E-state index in [4.69, 9.17) is 4.42 Å². The minimum absolute atomic E-state index is 0.150. The molecule has 1 saturated heterocycles. The van der Waals surface area contributed by atoms with E-state index in [9.17, 15) is 9.59 Å². The number of aromatic amines is 1. The van der Waals surface area contributed by atoms with Crippen LogP contribution in [0.1, 0.15) is 40.8 Å². The topological polar surface area (TPSA) is 92.1 Å². The van der Waals surface area contributed by atoms with Crippen LogP contribution in [0.5, 0.6) is 0 Å². The summed E-state index contributed by atoms with van der Waals surface area (Å²) < 4.78 is 5.16. The Bertz CT molecular complexity index is 691. The van der Waals surface area contributed by atoms with Crippen molar-refractivity contribution in [2.75, 3.05) is 6.54 Å². The minimum Gasteiger partial charge on any atom is -0.438 e. The largest absolute Gasteiger partial charge is 0.438 e. The number of amides is 1. The zero-order valence-electron chi connectivity index (χ0n) is 11.0. The molecule has 1 aliphatic rings. The molecular weight excluding hydrogens is 260 g/mol. The van der Waals surface area contributed by atoms with Gasteiger partial charge in [0.1, 0.15) is 0 Å². The van der Waals surface area contributed by atoms with Crippen molar-refractivity contribution in [2.45, 2.75) is 25.8 Å². The number of hydrogen-bond acceptors (Lipinski definition) is 5. The number of likely N-dealkylation sites (tertiary alicyclic amines) is 1. The molecule has 2 aromatic rings. The van der Waals surface area contributed by atoms with Crippen molar-refractivity contribution < 1.29 is 9.21 Å². The molecule has 1 amide bonds. The number of nitrogens with zero attached hydrogens (tertiary/aromatic N) is 3. The average Bonchev–Trinajstić information content (AvgIpc) is 3.06. The standard InChI is InChI=1S/C13H14N4O3/c1-8-11(20-7-15-8)12(18)17-6-2-3-10(17)9-4-5-14-13(19)16-9/h4-5,7,10H,2-3,6H2,1H3,(H,14,16,19). The van der Waals surface area contributed by atoms with Crippen LogP contribution in [0.25, 0.3) is 0 Å². The van der Waals surface area contributed by atoms with Crippen molar-refractivity contribution in [2.24, 2.45) is 0 Å². The number of aryl methyl sites for hydroxylation is 1. The molecule has 0 saturated carbocycles. The molecule has 0 bridgehead atoms. The molecule has 7 heteroatoms. The van der Waals surface area contributed by atoms with Crippen LogP contribution >= 0.6 is 0 Å². The van der Waals surface area contributed by atoms with E-state index in [0.29, 0.717) is 17.9 Å². The van der Waals surface area contributed by atoms with Crippen molar-refractivity contribution in [1.29, 1.82) is 0 Å². The summed E-state index contributed by atoms with van der Waals surface area (Å²) in [5, 5.41) is 0. The lowest BCUT2D eigenvalue weighted by Crippen LogP contribution is -2.32. The van der Waals surface area contributed by atoms with Crippen molar-refractivity contribution >= 4 is 5.91 Å². The third-order valence-electron chi connectivity index (χ3n) is 3.51. The Morgan fingerprint density at radius 1 is 1.50 bits per heavy atom. The highest BCUT2D eigenvalue weighted by molar-refractivity contribution is 5.92. The summed E-state index contributed by atoms with van der Waals surface area (Å²) in [5.74, 6) is 0.0634. The summed E-state index contributed by atoms with van der Waals surface area (Å²) in [7, 11) is 0. The van der Waals surface area contributed by atoms with Gasteiger partial charge in [-0.15, -0.1) is 0 Å². The minimum atomic E-state index is -0.405. The fourth-order valence-electron chi connectivity index (χ4n) is 2.55. The van der Waals surface area contributed by atoms with Gasteiger partial charge in [-0.05, 0) is 25.8 Å². The van der Waals surface area contributed by atoms with Gasteiger partial charge in [0.05, 0.1) is 11.7 Å². The van der Waals surface area contributed by atoms with Crippen LogP contribution in [0.2, 0.25) is 0 Å². The van der Waals surface area contributed by atoms with E-state index >= 15 is 0 Å². The molecule has 0 aromatic carbocycles. The number of hydrogen-bond donors (Lipinski definition) is 1. The molecule has 7 nitrogen and oxygen atoms in total. The average molecular weight is 274 g/mol. The van der Waals surface area contributed by atoms with Crippen LogP contribution in [0, 0.1) is 6.92 Å². The quantitative estimate of drug-likeness (QED) is 0.883. The first-order valence-corrected chi connectivity index (χ1v) is 6.43. The van der Waals surface area contributed by atoms with Gasteiger partial charge < -0.3 is 14.3 Å². The zero-order valence-corrected chi connectivity index (χ0v) is 11.0. The Hall–Kier alpha value is -2.44. The lowest BCUT2D eigenvalue weighted by Gasteiger charge is -2.23. The number of H-pyrrole nitrogens is 1. The number of aromatic nitrogens is 3. The number of carbonyl (C=O) groups excluding carboxylic acids is 1. The van der Waals surface area contributed by atoms with E-state index in [1.54, 1.807) is 17.9 Å². The summed E-state index contributed by atoms with van der Waals surface area (Å²) in [6.07, 6.45) is 4.41. The highest BCUT2D eigenvalue weighted by Gasteiger charge is 2.33. The maximum atomic E-state index is 12.5. The second-order valence-electron chi connectivity index (χ2n) is 4.75. The van der Waals surface area contributed by atoms with E-state index in [-0.39, 0.29) is 17.7 Å². The Morgan fingerprint density at radius 3 is 3.05 bits per heavy atom. The summed E-state index contributed by atoms with van der Waals surface area (Å²) >= 11 is 0. The summed E-state index contributed by atoms with van der Waals surface area (Å²) in [6.45, 7) is 2.37. The van der Waals surface area contributed by atoms with E-state index in [1.807, 2.05) is 0 Å². The first kappa shape index (κ1) is 12.6. The van der Waals surface area contributed by atoms with Gasteiger partial charge in [-0.1, -0.05) is 0 Å². The van der Waals surface area contributed by atoms with Gasteiger partial charge in [0.25, 0.3) is 5.91 Å². The third-order valence-corrected chi connectivity index (χ3v) is 3.51. The molecule has 3 heterocycles. The highest BCUT2D eigenvalue weighted by atomic mass is 16.3. The van der Waals surface area contributed by atoms with Gasteiger partial charge in [0, 0.05) is 18.4 Å². The highest BCUT2D eigenvalue weighted by Crippen LogP contribution is 2.31. The molecular formula is C13H14N4O3. The first-order chi connectivity index (χ1) is 9.66. The van der Waals surface area contributed by atoms with Gasteiger partial charge in [-0.2, -0.15) is 0 Å². The molecule has 0 spiro atoms. The predicted molar refractivity (Wildman–Crippen MR) is 69.1 cm³/mol. The fraction of sp³-hybridized carbons (Fsp3) is 0.385. The van der Waals surface area contributed by atoms with Crippen LogP contribution < -0.4 is 5.69 Å². The molecule has 104 valence electrons. The Kier molecular flexibility index (Phi) is 3.09. The number of rotatable bonds is 2. The molecule has 1 aliphatic heterocycles. The molecule has 20 heavy (non-hydrogen) atoms. The normalized spacial score (nSPS) is 18.4. The van der Waals surface area contributed by atoms with E-state index < -0.39 is 5.69 Å². The van der Waals surface area contributed by atoms with E-state index in [2.05, 4.69) is 15.0 Å². The monoisotopic (exact) mass is 274 g/mol.